The number of hydrogen-bond donors (Lipinski definition) is 2. The van der Waals surface area contributed by atoms with Gasteiger partial charge in [0.25, 0.3) is 11.8 Å². The van der Waals surface area contributed by atoms with Gasteiger partial charge in [0, 0.05) is 50.3 Å². The topological polar surface area (TPSA) is 106 Å². The zero-order valence-corrected chi connectivity index (χ0v) is 20.9. The average molecular weight is 514 g/mol. The Morgan fingerprint density at radius 2 is 1.92 bits per heavy atom. The number of carbonyl (C=O) groups excluding carboxylic acids is 3. The molecule has 0 spiro atoms. The number of nitrogens with one attached hydrogen (secondary N) is 2. The molecule has 3 aliphatic heterocycles. The minimum atomic E-state index is -0.521. The Morgan fingerprint density at radius 1 is 1.08 bits per heavy atom. The van der Waals surface area contributed by atoms with Crippen molar-refractivity contribution in [2.24, 2.45) is 0 Å². The molecule has 1 atom stereocenters. The van der Waals surface area contributed by atoms with Gasteiger partial charge in [-0.1, -0.05) is 6.07 Å². The van der Waals surface area contributed by atoms with Crippen LogP contribution in [0.2, 0.25) is 0 Å². The van der Waals surface area contributed by atoms with Crippen LogP contribution in [0, 0.1) is 5.82 Å². The van der Waals surface area contributed by atoms with Crippen LogP contribution in [-0.4, -0.2) is 62.1 Å². The average Bonchev–Trinajstić information content (AvgIpc) is 3.44. The Hall–Kier alpha value is -3.66. The van der Waals surface area contributed by atoms with Gasteiger partial charge in [-0.15, -0.1) is 0 Å². The van der Waals surface area contributed by atoms with Crippen LogP contribution in [0.4, 0.5) is 4.39 Å². The summed E-state index contributed by atoms with van der Waals surface area (Å²) in [6.07, 6.45) is 2.22. The Kier molecular flexibility index (Phi) is 8.95. The molecular weight excluding hydrogens is 481 g/mol. The molecule has 2 bridgehead atoms. The lowest BCUT2D eigenvalue weighted by atomic mass is 10.1. The monoisotopic (exact) mass is 513 g/mol. The van der Waals surface area contributed by atoms with E-state index in [1.165, 1.54) is 19.2 Å². The van der Waals surface area contributed by atoms with Crippen molar-refractivity contribution in [3.8, 4) is 17.2 Å². The maximum absolute atomic E-state index is 14.7. The highest BCUT2D eigenvalue weighted by molar-refractivity contribution is 5.94. The maximum Gasteiger partial charge on any atom is 0.251 e. The number of benzene rings is 2. The number of nitrogens with zero attached hydrogens (tertiary/aromatic N) is 1. The van der Waals surface area contributed by atoms with Crippen LogP contribution in [0.15, 0.2) is 36.4 Å². The van der Waals surface area contributed by atoms with Gasteiger partial charge >= 0.3 is 0 Å². The molecule has 0 aliphatic carbocycles. The van der Waals surface area contributed by atoms with Gasteiger partial charge in [0.2, 0.25) is 5.91 Å². The van der Waals surface area contributed by atoms with Crippen molar-refractivity contribution in [3.05, 3.63) is 53.3 Å². The summed E-state index contributed by atoms with van der Waals surface area (Å²) in [5, 5.41) is 5.61. The molecule has 1 saturated heterocycles. The van der Waals surface area contributed by atoms with Crippen LogP contribution in [-0.2, 0) is 20.9 Å². The molecule has 2 aromatic carbocycles. The first kappa shape index (κ1) is 26.4. The Morgan fingerprint density at radius 3 is 2.70 bits per heavy atom. The van der Waals surface area contributed by atoms with Crippen LogP contribution in [0.1, 0.15) is 48.0 Å². The second-order valence-corrected chi connectivity index (χ2v) is 9.00. The molecule has 9 nitrogen and oxygen atoms in total. The lowest BCUT2D eigenvalue weighted by Crippen LogP contribution is -2.41. The van der Waals surface area contributed by atoms with Crippen molar-refractivity contribution in [2.45, 2.75) is 44.8 Å². The van der Waals surface area contributed by atoms with Crippen molar-refractivity contribution in [3.63, 3.8) is 0 Å². The minimum absolute atomic E-state index is 0.0673. The maximum atomic E-state index is 14.7. The molecule has 5 rings (SSSR count). The van der Waals surface area contributed by atoms with E-state index in [1.54, 1.807) is 29.2 Å². The largest absolute Gasteiger partial charge is 0.493 e. The van der Waals surface area contributed by atoms with Gasteiger partial charge in [-0.05, 0) is 56.0 Å². The standard InChI is InChI=1S/C27H32FN3O6/c1-35-24-16-18-10-11-22(24)37-21-7-2-6-20(28)19(21)17-30-25(32)9-3-13-31(14-5-12-29-26(18)33)27(34)23-8-4-15-36-23/h2,6-7,10-11,16,23H,3-5,8-9,12-15,17H2,1H3,(H,29,33)(H,30,32). The molecule has 0 saturated carbocycles. The Bertz CT molecular complexity index is 1140. The molecule has 3 heterocycles. The minimum Gasteiger partial charge on any atom is -0.493 e. The highest BCUT2D eigenvalue weighted by Crippen LogP contribution is 2.34. The fourth-order valence-electron chi connectivity index (χ4n) is 4.41. The SMILES string of the molecule is COc1cc2ccc1Oc1cccc(F)c1CNC(=O)CCCN(C(=O)C1CCCO1)CCCNC2=O. The van der Waals surface area contributed by atoms with E-state index in [-0.39, 0.29) is 42.0 Å². The number of rotatable bonds is 2. The molecule has 198 valence electrons. The number of halogens is 1. The molecule has 0 aromatic heterocycles. The van der Waals surface area contributed by atoms with Gasteiger partial charge in [0.15, 0.2) is 11.5 Å². The lowest BCUT2D eigenvalue weighted by molar-refractivity contribution is -0.141. The molecule has 3 aliphatic rings. The van der Waals surface area contributed by atoms with Gasteiger partial charge in [-0.2, -0.15) is 0 Å². The molecule has 0 radical (unpaired) electrons. The smallest absolute Gasteiger partial charge is 0.251 e. The van der Waals surface area contributed by atoms with E-state index in [4.69, 9.17) is 14.2 Å². The summed E-state index contributed by atoms with van der Waals surface area (Å²) in [4.78, 5) is 39.9. The third-order valence-electron chi connectivity index (χ3n) is 6.42. The van der Waals surface area contributed by atoms with Crippen molar-refractivity contribution < 1.29 is 33.0 Å². The fraction of sp³-hybridized carbons (Fsp3) is 0.444. The first-order valence-corrected chi connectivity index (χ1v) is 12.5. The predicted molar refractivity (Wildman–Crippen MR) is 133 cm³/mol. The van der Waals surface area contributed by atoms with E-state index in [1.807, 2.05) is 0 Å². The van der Waals surface area contributed by atoms with E-state index < -0.39 is 11.9 Å². The van der Waals surface area contributed by atoms with Crippen molar-refractivity contribution >= 4 is 17.7 Å². The molecule has 3 amide bonds. The first-order chi connectivity index (χ1) is 18.0. The summed E-state index contributed by atoms with van der Waals surface area (Å²) in [5.74, 6) is -0.332. The summed E-state index contributed by atoms with van der Waals surface area (Å²) < 4.78 is 31.6. The van der Waals surface area contributed by atoms with E-state index in [0.717, 1.165) is 6.42 Å². The third kappa shape index (κ3) is 6.76. The van der Waals surface area contributed by atoms with Gasteiger partial charge in [0.05, 0.1) is 7.11 Å². The summed E-state index contributed by atoms with van der Waals surface area (Å²) in [7, 11) is 1.45. The normalized spacial score (nSPS) is 19.5. The quantitative estimate of drug-likeness (QED) is 0.639. The molecule has 2 aromatic rings. The van der Waals surface area contributed by atoms with Crippen molar-refractivity contribution in [1.82, 2.24) is 15.5 Å². The second kappa shape index (κ2) is 12.5. The van der Waals surface area contributed by atoms with E-state index in [0.29, 0.717) is 62.6 Å². The molecule has 2 N–H and O–H groups in total. The Labute approximate surface area is 215 Å². The van der Waals surface area contributed by atoms with Crippen LogP contribution in [0.3, 0.4) is 0 Å². The number of carbonyl (C=O) groups is 3. The number of methoxy groups -OCH3 is 1. The van der Waals surface area contributed by atoms with Gasteiger partial charge in [-0.25, -0.2) is 4.39 Å². The zero-order valence-electron chi connectivity index (χ0n) is 20.9. The molecule has 1 fully saturated rings. The third-order valence-corrected chi connectivity index (χ3v) is 6.42. The Balaban J connectivity index is 1.56. The summed E-state index contributed by atoms with van der Waals surface area (Å²) in [5.41, 5.74) is 0.564. The first-order valence-electron chi connectivity index (χ1n) is 12.5. The summed E-state index contributed by atoms with van der Waals surface area (Å²) >= 11 is 0. The van der Waals surface area contributed by atoms with Gasteiger partial charge in [0.1, 0.15) is 17.7 Å². The summed E-state index contributed by atoms with van der Waals surface area (Å²) in [6.45, 7) is 1.67. The highest BCUT2D eigenvalue weighted by atomic mass is 19.1. The van der Waals surface area contributed by atoms with Crippen LogP contribution in [0.5, 0.6) is 17.2 Å². The summed E-state index contributed by atoms with van der Waals surface area (Å²) in [6, 6.07) is 9.13. The lowest BCUT2D eigenvalue weighted by Gasteiger charge is -2.25. The van der Waals surface area contributed by atoms with Gasteiger partial charge in [-0.3, -0.25) is 14.4 Å². The second-order valence-electron chi connectivity index (χ2n) is 9.00. The number of ether oxygens (including phenoxy) is 3. The molecular formula is C27H32FN3O6. The zero-order chi connectivity index (χ0) is 26.2. The van der Waals surface area contributed by atoms with Crippen LogP contribution in [0.25, 0.3) is 0 Å². The van der Waals surface area contributed by atoms with Crippen molar-refractivity contribution in [2.75, 3.05) is 33.4 Å². The van der Waals surface area contributed by atoms with E-state index in [2.05, 4.69) is 10.6 Å². The molecule has 37 heavy (non-hydrogen) atoms. The number of hydrogen-bond acceptors (Lipinski definition) is 6. The molecule has 10 heteroatoms. The predicted octanol–water partition coefficient (Wildman–Crippen LogP) is 3.16. The van der Waals surface area contributed by atoms with Crippen LogP contribution >= 0.6 is 0 Å². The number of amides is 3. The van der Waals surface area contributed by atoms with E-state index in [9.17, 15) is 18.8 Å². The highest BCUT2D eigenvalue weighted by Gasteiger charge is 2.28. The van der Waals surface area contributed by atoms with Crippen LogP contribution < -0.4 is 20.1 Å². The van der Waals surface area contributed by atoms with E-state index >= 15 is 0 Å². The fourth-order valence-corrected chi connectivity index (χ4v) is 4.41. The van der Waals surface area contributed by atoms with Gasteiger partial charge < -0.3 is 29.7 Å². The van der Waals surface area contributed by atoms with Crippen molar-refractivity contribution in [1.29, 1.82) is 0 Å². The number of fused-ring (bicyclic) bond motifs is 13. The molecule has 1 unspecified atom stereocenters.